The predicted octanol–water partition coefficient (Wildman–Crippen LogP) is 6.42. The van der Waals surface area contributed by atoms with E-state index in [1.165, 1.54) is 0 Å². The number of carbonyl (C=O) groups excluding carboxylic acids is 1. The van der Waals surface area contributed by atoms with E-state index in [-0.39, 0.29) is 5.97 Å². The molecule has 2 atom stereocenters. The average molecular weight is 501 g/mol. The Bertz CT molecular complexity index is 880. The van der Waals surface area contributed by atoms with Gasteiger partial charge >= 0.3 is 5.97 Å². The molecule has 0 bridgehead atoms. The number of hydrogen-bond donors (Lipinski definition) is 1. The SMILES string of the molecule is CCOC(=O)CCCCCCC1=CCCC1(O)C#CCC(C)(COc1ccccc1)O[Si](C)(C)C. The Morgan fingerprint density at radius 3 is 2.54 bits per heavy atom. The van der Waals surface area contributed by atoms with Crippen molar-refractivity contribution in [2.24, 2.45) is 0 Å². The highest BCUT2D eigenvalue weighted by molar-refractivity contribution is 6.69. The first-order valence-electron chi connectivity index (χ1n) is 13.0. The van der Waals surface area contributed by atoms with Crippen LogP contribution in [0.3, 0.4) is 0 Å². The fraction of sp³-hybridized carbons (Fsp3) is 0.621. The summed E-state index contributed by atoms with van der Waals surface area (Å²) in [5, 5.41) is 11.3. The number of benzene rings is 1. The summed E-state index contributed by atoms with van der Waals surface area (Å²) in [7, 11) is -1.84. The quantitative estimate of drug-likeness (QED) is 0.105. The van der Waals surface area contributed by atoms with E-state index in [0.717, 1.165) is 49.8 Å². The van der Waals surface area contributed by atoms with Gasteiger partial charge in [0.2, 0.25) is 0 Å². The Morgan fingerprint density at radius 1 is 1.14 bits per heavy atom. The minimum absolute atomic E-state index is 0.116. The molecule has 0 amide bonds. The summed E-state index contributed by atoms with van der Waals surface area (Å²) in [5.74, 6) is 7.14. The highest BCUT2D eigenvalue weighted by Gasteiger charge is 2.34. The second-order valence-corrected chi connectivity index (χ2v) is 15.0. The predicted molar refractivity (Wildman–Crippen MR) is 144 cm³/mol. The molecule has 0 aromatic heterocycles. The topological polar surface area (TPSA) is 65.0 Å². The molecule has 2 unspecified atom stereocenters. The van der Waals surface area contributed by atoms with Gasteiger partial charge in [0, 0.05) is 12.8 Å². The zero-order chi connectivity index (χ0) is 25.8. The lowest BCUT2D eigenvalue weighted by Gasteiger charge is -2.35. The lowest BCUT2D eigenvalue weighted by Crippen LogP contribution is -2.44. The van der Waals surface area contributed by atoms with Gasteiger partial charge in [-0.2, -0.15) is 0 Å². The van der Waals surface area contributed by atoms with E-state index in [0.29, 0.717) is 32.5 Å². The Hall–Kier alpha value is -2.07. The van der Waals surface area contributed by atoms with Gasteiger partial charge in [-0.1, -0.05) is 49.0 Å². The van der Waals surface area contributed by atoms with Crippen molar-refractivity contribution in [3.05, 3.63) is 42.0 Å². The molecule has 0 spiro atoms. The highest BCUT2D eigenvalue weighted by atomic mass is 28.4. The van der Waals surface area contributed by atoms with Crippen LogP contribution >= 0.6 is 0 Å². The van der Waals surface area contributed by atoms with Gasteiger partial charge < -0.3 is 19.0 Å². The van der Waals surface area contributed by atoms with Gasteiger partial charge in [-0.3, -0.25) is 4.79 Å². The van der Waals surface area contributed by atoms with Gasteiger partial charge in [0.1, 0.15) is 18.0 Å². The van der Waals surface area contributed by atoms with Gasteiger partial charge in [-0.25, -0.2) is 0 Å². The number of hydrogen-bond acceptors (Lipinski definition) is 5. The molecule has 0 saturated carbocycles. The monoisotopic (exact) mass is 500 g/mol. The number of carbonyl (C=O) groups is 1. The molecule has 1 aromatic rings. The standard InChI is InChI=1S/C29H44O5Si/c1-6-32-27(30)20-13-8-7-10-16-25-17-14-22-29(25,31)23-15-21-28(2,34-35(3,4)5)24-33-26-18-11-9-12-19-26/h9,11-12,17-19,31H,6-8,10,13-14,16,20-22,24H2,1-5H3. The second kappa shape index (κ2) is 13.9. The van der Waals surface area contributed by atoms with Crippen LogP contribution in [0.4, 0.5) is 0 Å². The molecule has 1 N–H and O–H groups in total. The average Bonchev–Trinajstić information content (AvgIpc) is 3.14. The third-order valence-corrected chi connectivity index (χ3v) is 7.01. The second-order valence-electron chi connectivity index (χ2n) is 10.6. The molecule has 0 aliphatic heterocycles. The molecule has 35 heavy (non-hydrogen) atoms. The minimum Gasteiger partial charge on any atom is -0.491 e. The van der Waals surface area contributed by atoms with Gasteiger partial charge in [0.15, 0.2) is 8.32 Å². The molecular weight excluding hydrogens is 456 g/mol. The number of aliphatic hydroxyl groups is 1. The zero-order valence-electron chi connectivity index (χ0n) is 22.3. The number of rotatable bonds is 14. The fourth-order valence-corrected chi connectivity index (χ4v) is 6.00. The van der Waals surface area contributed by atoms with Gasteiger partial charge in [-0.05, 0) is 83.3 Å². The van der Waals surface area contributed by atoms with Crippen molar-refractivity contribution in [1.29, 1.82) is 0 Å². The molecule has 6 heteroatoms. The van der Waals surface area contributed by atoms with Crippen molar-refractivity contribution in [1.82, 2.24) is 0 Å². The van der Waals surface area contributed by atoms with Crippen molar-refractivity contribution < 1.29 is 23.8 Å². The fourth-order valence-electron chi connectivity index (χ4n) is 4.39. The van der Waals surface area contributed by atoms with Crippen LogP contribution in [0.25, 0.3) is 0 Å². The maximum absolute atomic E-state index is 11.4. The van der Waals surface area contributed by atoms with Crippen LogP contribution in [-0.4, -0.2) is 43.8 Å². The summed E-state index contributed by atoms with van der Waals surface area (Å²) < 4.78 is 17.5. The molecule has 1 aromatic carbocycles. The van der Waals surface area contributed by atoms with Crippen LogP contribution in [0.15, 0.2) is 42.0 Å². The molecule has 0 fully saturated rings. The maximum atomic E-state index is 11.4. The number of ether oxygens (including phenoxy) is 2. The van der Waals surface area contributed by atoms with Gasteiger partial charge in [-0.15, -0.1) is 0 Å². The lowest BCUT2D eigenvalue weighted by molar-refractivity contribution is -0.143. The van der Waals surface area contributed by atoms with Crippen molar-refractivity contribution in [3.8, 4) is 17.6 Å². The van der Waals surface area contributed by atoms with E-state index in [2.05, 4.69) is 44.5 Å². The molecule has 1 aliphatic rings. The zero-order valence-corrected chi connectivity index (χ0v) is 23.3. The van der Waals surface area contributed by atoms with Crippen LogP contribution in [-0.2, 0) is 14.0 Å². The lowest BCUT2D eigenvalue weighted by atomic mass is 9.91. The molecule has 0 radical (unpaired) electrons. The molecular formula is C29H44O5Si. The summed E-state index contributed by atoms with van der Waals surface area (Å²) in [5.41, 5.74) is -0.570. The molecule has 0 heterocycles. The summed E-state index contributed by atoms with van der Waals surface area (Å²) in [6, 6.07) is 9.75. The molecule has 1 aliphatic carbocycles. The number of allylic oxidation sites excluding steroid dienone is 1. The van der Waals surface area contributed by atoms with E-state index in [4.69, 9.17) is 13.9 Å². The van der Waals surface area contributed by atoms with Crippen LogP contribution in [0, 0.1) is 11.8 Å². The van der Waals surface area contributed by atoms with E-state index in [9.17, 15) is 9.90 Å². The van der Waals surface area contributed by atoms with Gasteiger partial charge in [0.25, 0.3) is 0 Å². The Kier molecular flexibility index (Phi) is 11.6. The first-order chi connectivity index (χ1) is 16.6. The van der Waals surface area contributed by atoms with Crippen molar-refractivity contribution >= 4 is 14.3 Å². The van der Waals surface area contributed by atoms with Gasteiger partial charge in [0.05, 0.1) is 12.2 Å². The number of esters is 1. The summed E-state index contributed by atoms with van der Waals surface area (Å²) >= 11 is 0. The van der Waals surface area contributed by atoms with E-state index >= 15 is 0 Å². The van der Waals surface area contributed by atoms with E-state index in [1.807, 2.05) is 37.3 Å². The molecule has 2 rings (SSSR count). The molecule has 0 saturated heterocycles. The number of para-hydroxylation sites is 1. The highest BCUT2D eigenvalue weighted by Crippen LogP contribution is 2.34. The Labute approximate surface area is 213 Å². The molecule has 194 valence electrons. The van der Waals surface area contributed by atoms with Crippen molar-refractivity contribution in [2.75, 3.05) is 13.2 Å². The number of unbranched alkanes of at least 4 members (excludes halogenated alkanes) is 3. The van der Waals surface area contributed by atoms with Crippen LogP contribution in [0.5, 0.6) is 5.75 Å². The summed E-state index contributed by atoms with van der Waals surface area (Å²) in [4.78, 5) is 11.4. The summed E-state index contributed by atoms with van der Waals surface area (Å²) in [6.45, 7) is 11.2. The smallest absolute Gasteiger partial charge is 0.305 e. The first kappa shape index (κ1) is 29.2. The first-order valence-corrected chi connectivity index (χ1v) is 16.4. The maximum Gasteiger partial charge on any atom is 0.305 e. The third kappa shape index (κ3) is 11.0. The third-order valence-electron chi connectivity index (χ3n) is 5.91. The van der Waals surface area contributed by atoms with Crippen LogP contribution < -0.4 is 4.74 Å². The summed E-state index contributed by atoms with van der Waals surface area (Å²) in [6.07, 6.45) is 9.30. The molecule has 5 nitrogen and oxygen atoms in total. The van der Waals surface area contributed by atoms with Crippen molar-refractivity contribution in [2.45, 2.75) is 102 Å². The van der Waals surface area contributed by atoms with Crippen LogP contribution in [0.2, 0.25) is 19.6 Å². The normalized spacial score (nSPS) is 19.3. The Morgan fingerprint density at radius 2 is 1.86 bits per heavy atom. The van der Waals surface area contributed by atoms with Crippen LogP contribution in [0.1, 0.15) is 71.6 Å². The van der Waals surface area contributed by atoms with E-state index in [1.54, 1.807) is 0 Å². The van der Waals surface area contributed by atoms with E-state index < -0.39 is 19.5 Å². The Balaban J connectivity index is 1.90. The van der Waals surface area contributed by atoms with Crippen molar-refractivity contribution in [3.63, 3.8) is 0 Å². The minimum atomic E-state index is -1.84. The largest absolute Gasteiger partial charge is 0.491 e.